The van der Waals surface area contributed by atoms with E-state index in [0.717, 1.165) is 55.8 Å². The molecule has 16 rings (SSSR count). The number of aromatic nitrogens is 6. The van der Waals surface area contributed by atoms with Crippen molar-refractivity contribution in [3.63, 3.8) is 0 Å². The van der Waals surface area contributed by atoms with Crippen LogP contribution in [0.1, 0.15) is 28.8 Å². The molecule has 76 heavy (non-hydrogen) atoms. The lowest BCUT2D eigenvalue weighted by Crippen LogP contribution is -2.26. The number of para-hydroxylation sites is 6. The molecular weight excluding hydrogens is 927 g/mol. The van der Waals surface area contributed by atoms with Crippen LogP contribution in [0.5, 0.6) is 0 Å². The van der Waals surface area contributed by atoms with Crippen LogP contribution in [0.3, 0.4) is 0 Å². The Hall–Kier alpha value is -10.1. The van der Waals surface area contributed by atoms with Gasteiger partial charge in [-0.2, -0.15) is 0 Å². The monoisotopic (exact) mass is 971 g/mol. The quantitative estimate of drug-likeness (QED) is 0.160. The molecule has 0 amide bonds. The Labute approximate surface area is 438 Å². The molecule has 0 radical (unpaired) electrons. The summed E-state index contributed by atoms with van der Waals surface area (Å²) < 4.78 is 7.35. The second kappa shape index (κ2) is 16.7. The first-order chi connectivity index (χ1) is 37.7. The summed E-state index contributed by atoms with van der Waals surface area (Å²) in [5.74, 6) is 1.97. The van der Waals surface area contributed by atoms with Gasteiger partial charge in [0.15, 0.2) is 17.5 Å². The van der Waals surface area contributed by atoms with Gasteiger partial charge in [0.1, 0.15) is 0 Å². The first-order valence-electron chi connectivity index (χ1n) is 26.0. The molecule has 0 spiro atoms. The lowest BCUT2D eigenvalue weighted by Gasteiger charge is -2.33. The molecule has 1 aliphatic carbocycles. The molecule has 2 aliphatic rings. The highest BCUT2D eigenvalue weighted by atomic mass is 15.2. The van der Waals surface area contributed by atoms with E-state index in [1.54, 1.807) is 0 Å². The Kier molecular flexibility index (Phi) is 9.32. The van der Waals surface area contributed by atoms with Crippen LogP contribution >= 0.6 is 0 Å². The third-order valence-corrected chi connectivity index (χ3v) is 15.8. The number of rotatable bonds is 7. The number of fused-ring (bicyclic) bond motifs is 14. The molecule has 7 heteroatoms. The molecule has 0 saturated carbocycles. The predicted octanol–water partition coefficient (Wildman–Crippen LogP) is 17.0. The average molecular weight is 972 g/mol. The van der Waals surface area contributed by atoms with Gasteiger partial charge in [0.2, 0.25) is 0 Å². The summed E-state index contributed by atoms with van der Waals surface area (Å²) in [7, 11) is 0. The number of hydrogen-bond acceptors (Lipinski definition) is 4. The van der Waals surface area contributed by atoms with Crippen LogP contribution in [-0.2, 0) is 0 Å². The Morgan fingerprint density at radius 3 is 1.39 bits per heavy atom. The summed E-state index contributed by atoms with van der Waals surface area (Å²) in [6.07, 6.45) is 4.77. The number of benzene rings is 10. The van der Waals surface area contributed by atoms with E-state index in [2.05, 4.69) is 261 Å². The van der Waals surface area contributed by atoms with Crippen LogP contribution in [0.2, 0.25) is 0 Å². The van der Waals surface area contributed by atoms with Gasteiger partial charge in [-0.1, -0.05) is 188 Å². The number of nitrogens with zero attached hydrogens (tertiary/aromatic N) is 7. The van der Waals surface area contributed by atoms with Gasteiger partial charge < -0.3 is 18.6 Å². The molecule has 10 aromatic carbocycles. The SMILES string of the molecule is C1=CC2c3ccccc3N(c3ccccc3)C2c2c1c1ccccc1n2-c1cccc(-c2nc(-c3ccccc3)nc(-c3cccc(-n4c5ccccc5c5ccc6c7ccccc7n(-c7ccccc7)c6c54)c3)n2)c1. The molecular formula is C69H45N7. The Morgan fingerprint density at radius 1 is 0.329 bits per heavy atom. The van der Waals surface area contributed by atoms with Crippen LogP contribution in [0, 0.1) is 0 Å². The van der Waals surface area contributed by atoms with E-state index in [-0.39, 0.29) is 12.0 Å². The molecule has 7 nitrogen and oxygen atoms in total. The highest BCUT2D eigenvalue weighted by Crippen LogP contribution is 2.57. The summed E-state index contributed by atoms with van der Waals surface area (Å²) in [5, 5.41) is 6.03. The van der Waals surface area contributed by atoms with Crippen molar-refractivity contribution in [1.82, 2.24) is 28.7 Å². The maximum absolute atomic E-state index is 5.42. The van der Waals surface area contributed by atoms with Crippen molar-refractivity contribution in [2.45, 2.75) is 12.0 Å². The second-order valence-electron chi connectivity index (χ2n) is 19.9. The van der Waals surface area contributed by atoms with Crippen molar-refractivity contribution in [2.75, 3.05) is 4.90 Å². The van der Waals surface area contributed by atoms with Crippen LogP contribution in [0.4, 0.5) is 11.4 Å². The summed E-state index contributed by atoms with van der Waals surface area (Å²) in [4.78, 5) is 18.5. The minimum Gasteiger partial charge on any atom is -0.331 e. The molecule has 14 aromatic rings. The third kappa shape index (κ3) is 6.32. The van der Waals surface area contributed by atoms with Crippen molar-refractivity contribution >= 4 is 72.0 Å². The average Bonchev–Trinajstić information content (AvgIpc) is 4.40. The molecule has 0 bridgehead atoms. The topological polar surface area (TPSA) is 56.7 Å². The highest BCUT2D eigenvalue weighted by Gasteiger charge is 2.44. The summed E-state index contributed by atoms with van der Waals surface area (Å²) in [5.41, 5.74) is 17.9. The largest absolute Gasteiger partial charge is 0.331 e. The van der Waals surface area contributed by atoms with E-state index in [9.17, 15) is 0 Å². The molecule has 2 unspecified atom stereocenters. The summed E-state index contributed by atoms with van der Waals surface area (Å²) in [6.45, 7) is 0. The zero-order valence-electron chi connectivity index (χ0n) is 41.1. The van der Waals surface area contributed by atoms with E-state index >= 15 is 0 Å². The molecule has 356 valence electrons. The molecule has 0 fully saturated rings. The van der Waals surface area contributed by atoms with Crippen molar-refractivity contribution in [1.29, 1.82) is 0 Å². The Morgan fingerprint density at radius 2 is 0.776 bits per heavy atom. The fourth-order valence-corrected chi connectivity index (χ4v) is 12.6. The van der Waals surface area contributed by atoms with Gasteiger partial charge in [0, 0.05) is 83.5 Å². The molecule has 4 aromatic heterocycles. The van der Waals surface area contributed by atoms with Crippen molar-refractivity contribution in [2.24, 2.45) is 0 Å². The normalized spacial score (nSPS) is 14.8. The van der Waals surface area contributed by atoms with Gasteiger partial charge in [-0.3, -0.25) is 0 Å². The lowest BCUT2D eigenvalue weighted by molar-refractivity contribution is 0.636. The fourth-order valence-electron chi connectivity index (χ4n) is 12.6. The van der Waals surface area contributed by atoms with E-state index < -0.39 is 0 Å². The zero-order valence-corrected chi connectivity index (χ0v) is 41.1. The number of anilines is 2. The first kappa shape index (κ1) is 42.4. The standard InChI is InChI=1S/C69H45N7/c1-4-20-44(21-5-1)67-70-68(45-22-18-28-49(42-45)75-61-36-16-12-32-53(61)57-40-38-55-51-30-10-14-34-59(51)73(63(55)65(57)75)47-24-6-2-7-25-47)72-69(71-67)46-23-19-29-50(43-46)76-62-37-17-13-33-54(62)58-41-39-56-52-31-11-15-35-60(52)74(64(56)66(58)76)48-26-8-3-9-27-48/h1-43,55,63H. The second-order valence-corrected chi connectivity index (χ2v) is 19.9. The fraction of sp³-hybridized carbons (Fsp3) is 0.0290. The van der Waals surface area contributed by atoms with E-state index in [1.807, 2.05) is 18.2 Å². The van der Waals surface area contributed by atoms with E-state index in [4.69, 9.17) is 15.0 Å². The molecule has 1 aliphatic heterocycles. The third-order valence-electron chi connectivity index (χ3n) is 15.8. The summed E-state index contributed by atoms with van der Waals surface area (Å²) in [6, 6.07) is 89.1. The zero-order chi connectivity index (χ0) is 49.8. The molecule has 0 saturated heterocycles. The molecule has 0 N–H and O–H groups in total. The predicted molar refractivity (Wildman–Crippen MR) is 311 cm³/mol. The van der Waals surface area contributed by atoms with Gasteiger partial charge in [-0.25, -0.2) is 15.0 Å². The van der Waals surface area contributed by atoms with Gasteiger partial charge in [-0.15, -0.1) is 0 Å². The Balaban J connectivity index is 0.884. The van der Waals surface area contributed by atoms with Crippen molar-refractivity contribution in [3.8, 4) is 51.2 Å². The minimum absolute atomic E-state index is 0.0175. The minimum atomic E-state index is 0.0175. The van der Waals surface area contributed by atoms with Gasteiger partial charge in [0.05, 0.1) is 39.3 Å². The van der Waals surface area contributed by atoms with Gasteiger partial charge in [-0.05, 0) is 78.4 Å². The smallest absolute Gasteiger partial charge is 0.164 e. The Bertz CT molecular complexity index is 4660. The summed E-state index contributed by atoms with van der Waals surface area (Å²) >= 11 is 0. The van der Waals surface area contributed by atoms with Crippen LogP contribution in [-0.4, -0.2) is 28.7 Å². The van der Waals surface area contributed by atoms with Crippen molar-refractivity contribution < 1.29 is 0 Å². The van der Waals surface area contributed by atoms with E-state index in [0.29, 0.717) is 17.5 Å². The van der Waals surface area contributed by atoms with E-state index in [1.165, 1.54) is 60.6 Å². The first-order valence-corrected chi connectivity index (χ1v) is 26.0. The van der Waals surface area contributed by atoms with Crippen LogP contribution < -0.4 is 4.90 Å². The van der Waals surface area contributed by atoms with Crippen LogP contribution in [0.15, 0.2) is 255 Å². The van der Waals surface area contributed by atoms with Crippen molar-refractivity contribution in [3.05, 3.63) is 272 Å². The maximum atomic E-state index is 5.42. The van der Waals surface area contributed by atoms with Gasteiger partial charge >= 0.3 is 0 Å². The lowest BCUT2D eigenvalue weighted by atomic mass is 9.86. The molecule has 5 heterocycles. The maximum Gasteiger partial charge on any atom is 0.164 e. The number of hydrogen-bond donors (Lipinski definition) is 0. The molecule has 2 atom stereocenters. The highest BCUT2D eigenvalue weighted by molar-refractivity contribution is 6.23. The van der Waals surface area contributed by atoms with Gasteiger partial charge in [0.25, 0.3) is 0 Å². The van der Waals surface area contributed by atoms with Crippen LogP contribution in [0.25, 0.3) is 112 Å².